The number of rotatable bonds is 5. The van der Waals surface area contributed by atoms with Crippen molar-refractivity contribution >= 4 is 10.9 Å². The van der Waals surface area contributed by atoms with Crippen molar-refractivity contribution in [2.24, 2.45) is 7.05 Å². The van der Waals surface area contributed by atoms with Crippen molar-refractivity contribution in [2.45, 2.75) is 33.2 Å². The average Bonchev–Trinajstić information content (AvgIpc) is 2.66. The summed E-state index contributed by atoms with van der Waals surface area (Å²) in [5, 5.41) is 4.78. The minimum absolute atomic E-state index is 0.534. The zero-order valence-electron chi connectivity index (χ0n) is 12.6. The van der Waals surface area contributed by atoms with E-state index in [1.807, 2.05) is 0 Å². The van der Waals surface area contributed by atoms with E-state index in [4.69, 9.17) is 4.74 Å². The van der Waals surface area contributed by atoms with E-state index in [0.717, 1.165) is 18.7 Å². The zero-order chi connectivity index (χ0) is 14.0. The first kappa shape index (κ1) is 13.9. The lowest BCUT2D eigenvalue weighted by Crippen LogP contribution is -2.24. The summed E-state index contributed by atoms with van der Waals surface area (Å²) in [6.07, 6.45) is 3.28. The van der Waals surface area contributed by atoms with Crippen LogP contribution in [0, 0.1) is 6.92 Å². The average molecular weight is 260 g/mol. The summed E-state index contributed by atoms with van der Waals surface area (Å²) < 4.78 is 7.60. The Morgan fingerprint density at radius 2 is 2.05 bits per heavy atom. The molecule has 0 saturated heterocycles. The van der Waals surface area contributed by atoms with E-state index in [9.17, 15) is 0 Å². The molecule has 19 heavy (non-hydrogen) atoms. The Hall–Kier alpha value is -1.48. The van der Waals surface area contributed by atoms with Gasteiger partial charge in [0.1, 0.15) is 5.75 Å². The Kier molecular flexibility index (Phi) is 4.15. The summed E-state index contributed by atoms with van der Waals surface area (Å²) in [5.74, 6) is 0.939. The Morgan fingerprint density at radius 3 is 2.68 bits per heavy atom. The van der Waals surface area contributed by atoms with Crippen LogP contribution in [0.4, 0.5) is 0 Å². The third-order valence-electron chi connectivity index (χ3n) is 3.50. The molecule has 1 aromatic carbocycles. The number of ether oxygens (including phenoxy) is 1. The first-order valence-electron chi connectivity index (χ1n) is 6.89. The molecular formula is C16H24N2O. The number of hydrogen-bond acceptors (Lipinski definition) is 2. The minimum atomic E-state index is 0.534. The monoisotopic (exact) mass is 260 g/mol. The Labute approximate surface area is 115 Å². The molecule has 0 amide bonds. The van der Waals surface area contributed by atoms with Gasteiger partial charge in [-0.2, -0.15) is 0 Å². The van der Waals surface area contributed by atoms with Gasteiger partial charge in [0, 0.05) is 24.7 Å². The van der Waals surface area contributed by atoms with Gasteiger partial charge in [0.2, 0.25) is 0 Å². The van der Waals surface area contributed by atoms with Crippen LogP contribution in [-0.4, -0.2) is 24.3 Å². The summed E-state index contributed by atoms with van der Waals surface area (Å²) >= 11 is 0. The quantitative estimate of drug-likeness (QED) is 0.894. The van der Waals surface area contributed by atoms with Crippen molar-refractivity contribution in [3.63, 3.8) is 0 Å². The van der Waals surface area contributed by atoms with Gasteiger partial charge in [-0.1, -0.05) is 13.8 Å². The highest BCUT2D eigenvalue weighted by Crippen LogP contribution is 2.29. The fourth-order valence-electron chi connectivity index (χ4n) is 2.64. The smallest absolute Gasteiger partial charge is 0.119 e. The topological polar surface area (TPSA) is 26.2 Å². The van der Waals surface area contributed by atoms with E-state index in [-0.39, 0.29) is 0 Å². The highest BCUT2D eigenvalue weighted by atomic mass is 16.5. The van der Waals surface area contributed by atoms with E-state index in [1.165, 1.54) is 22.0 Å². The largest absolute Gasteiger partial charge is 0.497 e. The van der Waals surface area contributed by atoms with Crippen molar-refractivity contribution in [3.05, 3.63) is 29.5 Å². The molecule has 0 aliphatic heterocycles. The van der Waals surface area contributed by atoms with E-state index >= 15 is 0 Å². The minimum Gasteiger partial charge on any atom is -0.497 e. The third-order valence-corrected chi connectivity index (χ3v) is 3.50. The standard InChI is InChI=1S/C16H24N2O/c1-11(2)17-7-6-13-10-18(4)16-12(3)8-14(19-5)9-15(13)16/h8-11,17H,6-7H2,1-5H3. The van der Waals surface area contributed by atoms with Crippen LogP contribution in [0.15, 0.2) is 18.3 Å². The lowest BCUT2D eigenvalue weighted by atomic mass is 10.1. The van der Waals surface area contributed by atoms with Crippen molar-refractivity contribution in [3.8, 4) is 5.75 Å². The van der Waals surface area contributed by atoms with Crippen LogP contribution in [0.2, 0.25) is 0 Å². The van der Waals surface area contributed by atoms with Gasteiger partial charge in [-0.25, -0.2) is 0 Å². The fraction of sp³-hybridized carbons (Fsp3) is 0.500. The van der Waals surface area contributed by atoms with Gasteiger partial charge in [0.25, 0.3) is 0 Å². The number of nitrogens with one attached hydrogen (secondary N) is 1. The second-order valence-corrected chi connectivity index (χ2v) is 5.46. The zero-order valence-corrected chi connectivity index (χ0v) is 12.6. The molecule has 0 unspecified atom stereocenters. The summed E-state index contributed by atoms with van der Waals surface area (Å²) in [4.78, 5) is 0. The normalized spacial score (nSPS) is 11.5. The van der Waals surface area contributed by atoms with Crippen molar-refractivity contribution in [2.75, 3.05) is 13.7 Å². The molecular weight excluding hydrogens is 236 g/mol. The van der Waals surface area contributed by atoms with Crippen LogP contribution in [-0.2, 0) is 13.5 Å². The molecule has 0 radical (unpaired) electrons. The van der Waals surface area contributed by atoms with Gasteiger partial charge >= 0.3 is 0 Å². The van der Waals surface area contributed by atoms with Gasteiger partial charge in [0.15, 0.2) is 0 Å². The van der Waals surface area contributed by atoms with Crippen LogP contribution in [0.1, 0.15) is 25.0 Å². The molecule has 0 atom stereocenters. The van der Waals surface area contributed by atoms with E-state index < -0.39 is 0 Å². The summed E-state index contributed by atoms with van der Waals surface area (Å²) in [5.41, 5.74) is 3.95. The predicted molar refractivity (Wildman–Crippen MR) is 81.1 cm³/mol. The van der Waals surface area contributed by atoms with Crippen LogP contribution < -0.4 is 10.1 Å². The number of aryl methyl sites for hydroxylation is 2. The molecule has 0 aliphatic carbocycles. The number of aromatic nitrogens is 1. The molecule has 0 aliphatic rings. The Balaban J connectivity index is 2.36. The molecule has 0 fully saturated rings. The van der Waals surface area contributed by atoms with E-state index in [2.05, 4.69) is 56.0 Å². The molecule has 3 heteroatoms. The predicted octanol–water partition coefficient (Wildman–Crippen LogP) is 3.04. The van der Waals surface area contributed by atoms with E-state index in [0.29, 0.717) is 6.04 Å². The molecule has 2 rings (SSSR count). The van der Waals surface area contributed by atoms with Gasteiger partial charge < -0.3 is 14.6 Å². The maximum absolute atomic E-state index is 5.39. The molecule has 0 bridgehead atoms. The molecule has 0 saturated carbocycles. The molecule has 1 N–H and O–H groups in total. The molecule has 1 aromatic heterocycles. The first-order chi connectivity index (χ1) is 9.02. The number of fused-ring (bicyclic) bond motifs is 1. The number of hydrogen-bond donors (Lipinski definition) is 1. The van der Waals surface area contributed by atoms with E-state index in [1.54, 1.807) is 7.11 Å². The number of benzene rings is 1. The molecule has 0 spiro atoms. The second-order valence-electron chi connectivity index (χ2n) is 5.46. The Morgan fingerprint density at radius 1 is 1.32 bits per heavy atom. The molecule has 3 nitrogen and oxygen atoms in total. The van der Waals surface area contributed by atoms with Crippen LogP contribution in [0.5, 0.6) is 5.75 Å². The molecule has 1 heterocycles. The van der Waals surface area contributed by atoms with Gasteiger partial charge in [0.05, 0.1) is 12.6 Å². The second kappa shape index (κ2) is 5.66. The van der Waals surface area contributed by atoms with Crippen LogP contribution >= 0.6 is 0 Å². The van der Waals surface area contributed by atoms with Crippen molar-refractivity contribution in [1.82, 2.24) is 9.88 Å². The number of nitrogens with zero attached hydrogens (tertiary/aromatic N) is 1. The van der Waals surface area contributed by atoms with Crippen molar-refractivity contribution < 1.29 is 4.74 Å². The SMILES string of the molecule is COc1cc(C)c2c(c1)c(CCNC(C)C)cn2C. The fourth-order valence-corrected chi connectivity index (χ4v) is 2.64. The highest BCUT2D eigenvalue weighted by Gasteiger charge is 2.10. The highest BCUT2D eigenvalue weighted by molar-refractivity contribution is 5.88. The van der Waals surface area contributed by atoms with Crippen LogP contribution in [0.3, 0.4) is 0 Å². The first-order valence-corrected chi connectivity index (χ1v) is 6.89. The molecule has 104 valence electrons. The summed E-state index contributed by atoms with van der Waals surface area (Å²) in [6.45, 7) is 7.50. The summed E-state index contributed by atoms with van der Waals surface area (Å²) in [6, 6.07) is 4.78. The lowest BCUT2D eigenvalue weighted by Gasteiger charge is -2.08. The van der Waals surface area contributed by atoms with Gasteiger partial charge in [-0.15, -0.1) is 0 Å². The van der Waals surface area contributed by atoms with Gasteiger partial charge in [-0.3, -0.25) is 0 Å². The van der Waals surface area contributed by atoms with Crippen LogP contribution in [0.25, 0.3) is 10.9 Å². The Bertz CT molecular complexity index is 570. The number of methoxy groups -OCH3 is 1. The lowest BCUT2D eigenvalue weighted by molar-refractivity contribution is 0.415. The summed E-state index contributed by atoms with van der Waals surface area (Å²) in [7, 11) is 3.84. The van der Waals surface area contributed by atoms with Gasteiger partial charge in [-0.05, 0) is 43.1 Å². The van der Waals surface area contributed by atoms with Crippen molar-refractivity contribution in [1.29, 1.82) is 0 Å². The third kappa shape index (κ3) is 2.92. The molecule has 2 aromatic rings. The maximum Gasteiger partial charge on any atom is 0.119 e. The maximum atomic E-state index is 5.39.